The molecule has 0 bridgehead atoms. The van der Waals surface area contributed by atoms with Crippen LogP contribution >= 0.6 is 22.9 Å². The Morgan fingerprint density at radius 1 is 1.36 bits per heavy atom. The molecule has 0 aromatic carbocycles. The molecule has 0 aliphatic carbocycles. The van der Waals surface area contributed by atoms with E-state index < -0.39 is 17.4 Å². The number of carbonyl (C=O) groups excluding carboxylic acids is 1. The maximum Gasteiger partial charge on any atom is 0.433 e. The first-order chi connectivity index (χ1) is 13.3. The van der Waals surface area contributed by atoms with Gasteiger partial charge in [-0.2, -0.15) is 18.3 Å². The van der Waals surface area contributed by atoms with Crippen molar-refractivity contribution in [2.75, 3.05) is 6.54 Å². The van der Waals surface area contributed by atoms with Gasteiger partial charge in [-0.15, -0.1) is 11.3 Å². The van der Waals surface area contributed by atoms with Crippen molar-refractivity contribution >= 4 is 35.0 Å². The molecule has 5 nitrogen and oxygen atoms in total. The summed E-state index contributed by atoms with van der Waals surface area (Å²) in [6.07, 6.45) is -1.72. The van der Waals surface area contributed by atoms with Crippen LogP contribution in [0.5, 0.6) is 0 Å². The van der Waals surface area contributed by atoms with Crippen LogP contribution < -0.4 is 0 Å². The second-order valence-corrected chi connectivity index (χ2v) is 8.26. The number of rotatable bonds is 3. The van der Waals surface area contributed by atoms with Crippen LogP contribution in [0.25, 0.3) is 16.2 Å². The third kappa shape index (κ3) is 2.97. The fourth-order valence-electron chi connectivity index (χ4n) is 3.65. The molecule has 10 heteroatoms. The standard InChI is InChI=1S/C18H16ClF3N4OS/c1-17(6-2-3-7-25(17)10-27)15-14(19)16-23-11(12-5-4-8-28-12)9-13(18(20,21)22)26(16)24-15/h4-5,8-10H,2-3,6-7H2,1H3. The van der Waals surface area contributed by atoms with Crippen molar-refractivity contribution in [1.82, 2.24) is 19.5 Å². The summed E-state index contributed by atoms with van der Waals surface area (Å²) >= 11 is 7.80. The number of carbonyl (C=O) groups is 1. The van der Waals surface area contributed by atoms with E-state index in [0.29, 0.717) is 24.3 Å². The Balaban J connectivity index is 1.99. The number of alkyl halides is 3. The molecule has 0 N–H and O–H groups in total. The van der Waals surface area contributed by atoms with Crippen molar-refractivity contribution in [2.24, 2.45) is 0 Å². The van der Waals surface area contributed by atoms with E-state index in [1.54, 1.807) is 29.3 Å². The molecule has 0 spiro atoms. The van der Waals surface area contributed by atoms with Gasteiger partial charge < -0.3 is 4.90 Å². The molecule has 4 heterocycles. The predicted molar refractivity (Wildman–Crippen MR) is 100 cm³/mol. The Labute approximate surface area is 167 Å². The van der Waals surface area contributed by atoms with E-state index in [0.717, 1.165) is 23.4 Å². The molecule has 3 aromatic heterocycles. The van der Waals surface area contributed by atoms with Crippen molar-refractivity contribution in [1.29, 1.82) is 0 Å². The molecule has 1 aliphatic rings. The number of halogens is 4. The minimum Gasteiger partial charge on any atom is -0.334 e. The summed E-state index contributed by atoms with van der Waals surface area (Å²) in [5.41, 5.74) is -1.47. The molecule has 3 aromatic rings. The molecule has 1 fully saturated rings. The van der Waals surface area contributed by atoms with Crippen molar-refractivity contribution in [3.8, 4) is 10.6 Å². The number of aromatic nitrogens is 3. The Bertz CT molecular complexity index is 1030. The quantitative estimate of drug-likeness (QED) is 0.552. The van der Waals surface area contributed by atoms with E-state index in [1.165, 1.54) is 11.3 Å². The zero-order valence-corrected chi connectivity index (χ0v) is 16.4. The minimum absolute atomic E-state index is 0.0418. The number of fused-ring (bicyclic) bond motifs is 1. The minimum atomic E-state index is -4.64. The lowest BCUT2D eigenvalue weighted by molar-refractivity contribution is -0.142. The van der Waals surface area contributed by atoms with Crippen LogP contribution in [0.1, 0.15) is 37.6 Å². The second kappa shape index (κ2) is 6.73. The maximum atomic E-state index is 13.8. The van der Waals surface area contributed by atoms with E-state index in [9.17, 15) is 18.0 Å². The maximum absolute atomic E-state index is 13.8. The Morgan fingerprint density at radius 2 is 2.14 bits per heavy atom. The van der Waals surface area contributed by atoms with E-state index in [-0.39, 0.29) is 22.1 Å². The van der Waals surface area contributed by atoms with Crippen LogP contribution in [0.2, 0.25) is 5.02 Å². The van der Waals surface area contributed by atoms with Crippen LogP contribution in [0.4, 0.5) is 13.2 Å². The Morgan fingerprint density at radius 3 is 2.79 bits per heavy atom. The Kier molecular flexibility index (Phi) is 4.62. The van der Waals surface area contributed by atoms with E-state index >= 15 is 0 Å². The SMILES string of the molecule is CC1(c2nn3c(C(F)(F)F)cc(-c4cccs4)nc3c2Cl)CCCCN1C=O. The van der Waals surface area contributed by atoms with Gasteiger partial charge in [0.15, 0.2) is 11.3 Å². The molecule has 4 rings (SSSR count). The van der Waals surface area contributed by atoms with Crippen molar-refractivity contribution in [3.63, 3.8) is 0 Å². The second-order valence-electron chi connectivity index (χ2n) is 6.93. The Hall–Kier alpha value is -2.13. The first kappa shape index (κ1) is 19.2. The van der Waals surface area contributed by atoms with Gasteiger partial charge in [-0.25, -0.2) is 9.50 Å². The highest BCUT2D eigenvalue weighted by atomic mass is 35.5. The first-order valence-electron chi connectivity index (χ1n) is 8.68. The number of hydrogen-bond acceptors (Lipinski definition) is 4. The molecule has 1 saturated heterocycles. The average molecular weight is 429 g/mol. The number of hydrogen-bond donors (Lipinski definition) is 0. The molecule has 0 saturated carbocycles. The summed E-state index contributed by atoms with van der Waals surface area (Å²) in [5, 5.41) is 6.01. The number of amides is 1. The van der Waals surface area contributed by atoms with Gasteiger partial charge in [0, 0.05) is 6.54 Å². The van der Waals surface area contributed by atoms with Gasteiger partial charge in [-0.05, 0) is 43.7 Å². The molecular formula is C18H16ClF3N4OS. The molecule has 28 heavy (non-hydrogen) atoms. The normalized spacial score (nSPS) is 20.7. The smallest absolute Gasteiger partial charge is 0.334 e. The van der Waals surface area contributed by atoms with Crippen molar-refractivity contribution in [3.05, 3.63) is 40.0 Å². The molecule has 148 valence electrons. The highest BCUT2D eigenvalue weighted by Crippen LogP contribution is 2.42. The molecular weight excluding hydrogens is 413 g/mol. The van der Waals surface area contributed by atoms with Gasteiger partial charge in [0.05, 0.1) is 16.1 Å². The first-order valence-corrected chi connectivity index (χ1v) is 9.94. The van der Waals surface area contributed by atoms with Gasteiger partial charge in [0.1, 0.15) is 10.7 Å². The lowest BCUT2D eigenvalue weighted by Crippen LogP contribution is -2.47. The summed E-state index contributed by atoms with van der Waals surface area (Å²) in [5.74, 6) is 0. The van der Waals surface area contributed by atoms with Crippen LogP contribution in [-0.4, -0.2) is 32.5 Å². The number of likely N-dealkylation sites (tertiary alicyclic amines) is 1. The largest absolute Gasteiger partial charge is 0.433 e. The topological polar surface area (TPSA) is 50.5 Å². The van der Waals surface area contributed by atoms with E-state index in [1.807, 2.05) is 0 Å². The fraction of sp³-hybridized carbons (Fsp3) is 0.389. The van der Waals surface area contributed by atoms with Crippen molar-refractivity contribution in [2.45, 2.75) is 37.9 Å². The average Bonchev–Trinajstić information content (AvgIpc) is 3.29. The summed E-state index contributed by atoms with van der Waals surface area (Å²) in [7, 11) is 0. The van der Waals surface area contributed by atoms with Gasteiger partial charge in [-0.3, -0.25) is 4.79 Å². The van der Waals surface area contributed by atoms with E-state index in [2.05, 4.69) is 10.1 Å². The van der Waals surface area contributed by atoms with E-state index in [4.69, 9.17) is 11.6 Å². The number of thiophene rings is 1. The van der Waals surface area contributed by atoms with Gasteiger partial charge in [0.2, 0.25) is 6.41 Å². The van der Waals surface area contributed by atoms with Gasteiger partial charge >= 0.3 is 6.18 Å². The number of nitrogens with zero attached hydrogens (tertiary/aromatic N) is 4. The summed E-state index contributed by atoms with van der Waals surface area (Å²) < 4.78 is 42.0. The summed E-state index contributed by atoms with van der Waals surface area (Å²) in [6, 6.07) is 4.42. The molecule has 1 atom stereocenters. The summed E-state index contributed by atoms with van der Waals surface area (Å²) in [6.45, 7) is 2.28. The fourth-order valence-corrected chi connectivity index (χ4v) is 4.70. The molecule has 1 unspecified atom stereocenters. The lowest BCUT2D eigenvalue weighted by atomic mass is 9.86. The van der Waals surface area contributed by atoms with Gasteiger partial charge in [-0.1, -0.05) is 17.7 Å². The van der Waals surface area contributed by atoms with Crippen LogP contribution in [0, 0.1) is 0 Å². The summed E-state index contributed by atoms with van der Waals surface area (Å²) in [4.78, 5) is 18.1. The van der Waals surface area contributed by atoms with Crippen LogP contribution in [0.15, 0.2) is 23.6 Å². The van der Waals surface area contributed by atoms with Crippen LogP contribution in [0.3, 0.4) is 0 Å². The zero-order chi connectivity index (χ0) is 20.1. The lowest BCUT2D eigenvalue weighted by Gasteiger charge is -2.41. The van der Waals surface area contributed by atoms with Crippen LogP contribution in [-0.2, 0) is 16.5 Å². The molecule has 0 radical (unpaired) electrons. The third-order valence-corrected chi connectivity index (χ3v) is 6.42. The highest BCUT2D eigenvalue weighted by Gasteiger charge is 2.42. The van der Waals surface area contributed by atoms with Gasteiger partial charge in [0.25, 0.3) is 0 Å². The zero-order valence-electron chi connectivity index (χ0n) is 14.8. The monoisotopic (exact) mass is 428 g/mol. The van der Waals surface area contributed by atoms with Crippen molar-refractivity contribution < 1.29 is 18.0 Å². The molecule has 1 amide bonds. The number of piperidine rings is 1. The highest BCUT2D eigenvalue weighted by molar-refractivity contribution is 7.13. The predicted octanol–water partition coefficient (Wildman–Crippen LogP) is 4.99. The third-order valence-electron chi connectivity index (χ3n) is 5.18. The molecule has 1 aliphatic heterocycles.